The van der Waals surface area contributed by atoms with Crippen molar-refractivity contribution < 1.29 is 0 Å². The van der Waals surface area contributed by atoms with Gasteiger partial charge in [-0.3, -0.25) is 9.98 Å². The highest BCUT2D eigenvalue weighted by Crippen LogP contribution is 2.49. The second-order valence-corrected chi connectivity index (χ2v) is 20.6. The Balaban J connectivity index is 1.08. The highest BCUT2D eigenvalue weighted by atomic mass is 14.8. The molecule has 0 radical (unpaired) electrons. The summed E-state index contributed by atoms with van der Waals surface area (Å²) in [4.78, 5) is 16.5. The van der Waals surface area contributed by atoms with E-state index in [2.05, 4.69) is 55.8 Å². The van der Waals surface area contributed by atoms with Crippen molar-refractivity contribution in [3.05, 3.63) is 86.7 Å². The van der Waals surface area contributed by atoms with Gasteiger partial charge in [0, 0.05) is 0 Å². The Kier molecular flexibility index (Phi) is 14.1. The molecule has 0 bridgehead atoms. The van der Waals surface area contributed by atoms with E-state index in [0.717, 1.165) is 23.2 Å². The second kappa shape index (κ2) is 20.2. The summed E-state index contributed by atoms with van der Waals surface area (Å²) in [7, 11) is 0. The van der Waals surface area contributed by atoms with Gasteiger partial charge >= 0.3 is 0 Å². The molecule has 0 amide bonds. The molecule has 59 heavy (non-hydrogen) atoms. The van der Waals surface area contributed by atoms with Crippen molar-refractivity contribution in [3.8, 4) is 0 Å². The summed E-state index contributed by atoms with van der Waals surface area (Å²) in [5.41, 5.74) is 15.4. The number of aliphatic imine (C=N–C) groups is 2. The molecule has 0 unspecified atom stereocenters. The maximum Gasteiger partial charge on any atom is 0.0823 e. The lowest BCUT2D eigenvalue weighted by Crippen LogP contribution is -2.13. The molecular formula is C56H77N3. The normalized spacial score (nSPS) is 23.1. The van der Waals surface area contributed by atoms with Crippen LogP contribution in [0.15, 0.2) is 46.4 Å². The van der Waals surface area contributed by atoms with Crippen LogP contribution in [0.4, 0.5) is 11.4 Å². The van der Waals surface area contributed by atoms with E-state index >= 15 is 0 Å². The average molecular weight is 792 g/mol. The van der Waals surface area contributed by atoms with Crippen LogP contribution in [0.3, 0.4) is 0 Å². The first kappa shape index (κ1) is 41.3. The van der Waals surface area contributed by atoms with Crippen molar-refractivity contribution in [3.63, 3.8) is 0 Å². The Bertz CT molecular complexity index is 1670. The third-order valence-corrected chi connectivity index (χ3v) is 16.4. The van der Waals surface area contributed by atoms with E-state index in [1.54, 1.807) is 33.4 Å². The Morgan fingerprint density at radius 1 is 0.356 bits per heavy atom. The molecule has 0 spiro atoms. The lowest BCUT2D eigenvalue weighted by atomic mass is 9.75. The third kappa shape index (κ3) is 10.2. The topological polar surface area (TPSA) is 37.6 Å². The fourth-order valence-corrected chi connectivity index (χ4v) is 13.1. The predicted molar refractivity (Wildman–Crippen MR) is 251 cm³/mol. The lowest BCUT2D eigenvalue weighted by Gasteiger charge is -2.31. The standard InChI is InChI=1S/C56H77N3/c1-40-32-49(38-57-55-51(43-24-12-4-13-25-43)34-47(41-20-8-2-9-21-41)35-52(55)44-26-14-5-15-27-44)59-50(33-40)39-58-56-53(45-28-16-6-17-29-45)36-48(42-22-10-3-11-23-42)37-54(56)46-30-18-7-19-31-46/h32-39,41-46H,2-31H2,1H3. The summed E-state index contributed by atoms with van der Waals surface area (Å²) < 4.78 is 0. The first-order valence-corrected chi connectivity index (χ1v) is 25.6. The molecule has 2 aromatic carbocycles. The molecule has 6 aliphatic rings. The molecule has 3 aromatic rings. The summed E-state index contributed by atoms with van der Waals surface area (Å²) in [6.45, 7) is 2.23. The molecule has 9 rings (SSSR count). The number of nitrogens with zero attached hydrogens (tertiary/aromatic N) is 3. The van der Waals surface area contributed by atoms with Gasteiger partial charge in [0.25, 0.3) is 0 Å². The quantitative estimate of drug-likeness (QED) is 0.188. The largest absolute Gasteiger partial charge is 0.254 e. The van der Waals surface area contributed by atoms with Crippen LogP contribution in [0.1, 0.15) is 278 Å². The number of hydrogen-bond acceptors (Lipinski definition) is 3. The molecule has 0 aliphatic heterocycles. The zero-order valence-electron chi connectivity index (χ0n) is 37.1. The second-order valence-electron chi connectivity index (χ2n) is 20.6. The SMILES string of the molecule is Cc1cc(C=Nc2c(C3CCCCC3)cc(C3CCCCC3)cc2C2CCCCC2)nc(C=Nc2c(C3CCCCC3)cc(C3CCCCC3)cc2C2CCCCC2)c1. The van der Waals surface area contributed by atoms with E-state index in [1.807, 2.05) is 0 Å². The van der Waals surface area contributed by atoms with Gasteiger partial charge in [0.2, 0.25) is 0 Å². The molecule has 1 aromatic heterocycles. The van der Waals surface area contributed by atoms with Crippen molar-refractivity contribution in [2.75, 3.05) is 0 Å². The molecule has 3 heteroatoms. The number of pyridine rings is 1. The average Bonchev–Trinajstić information content (AvgIpc) is 3.31. The Morgan fingerprint density at radius 3 is 0.881 bits per heavy atom. The monoisotopic (exact) mass is 792 g/mol. The molecule has 0 atom stereocenters. The van der Waals surface area contributed by atoms with Gasteiger partial charge in [-0.2, -0.15) is 0 Å². The van der Waals surface area contributed by atoms with Crippen LogP contribution >= 0.6 is 0 Å². The zero-order chi connectivity index (χ0) is 39.8. The number of hydrogen-bond donors (Lipinski definition) is 0. The number of benzene rings is 2. The van der Waals surface area contributed by atoms with Gasteiger partial charge in [-0.15, -0.1) is 0 Å². The summed E-state index contributed by atoms with van der Waals surface area (Å²) in [5.74, 6) is 4.00. The van der Waals surface area contributed by atoms with Crippen LogP contribution in [0.25, 0.3) is 0 Å². The van der Waals surface area contributed by atoms with Crippen molar-refractivity contribution >= 4 is 23.8 Å². The summed E-state index contributed by atoms with van der Waals surface area (Å²) >= 11 is 0. The fourth-order valence-electron chi connectivity index (χ4n) is 13.1. The maximum atomic E-state index is 5.59. The van der Waals surface area contributed by atoms with E-state index in [9.17, 15) is 0 Å². The van der Waals surface area contributed by atoms with Crippen LogP contribution < -0.4 is 0 Å². The Morgan fingerprint density at radius 2 is 0.610 bits per heavy atom. The van der Waals surface area contributed by atoms with E-state index in [1.165, 1.54) is 210 Å². The minimum absolute atomic E-state index is 0.635. The molecule has 0 saturated heterocycles. The number of aryl methyl sites for hydroxylation is 1. The van der Waals surface area contributed by atoms with E-state index in [4.69, 9.17) is 15.0 Å². The molecule has 316 valence electrons. The molecule has 6 aliphatic carbocycles. The van der Waals surface area contributed by atoms with Gasteiger partial charge in [0.15, 0.2) is 0 Å². The highest BCUT2D eigenvalue weighted by Gasteiger charge is 2.30. The Hall–Kier alpha value is -3.07. The van der Waals surface area contributed by atoms with Crippen molar-refractivity contribution in [2.24, 2.45) is 9.98 Å². The maximum absolute atomic E-state index is 5.59. The molecule has 1 heterocycles. The third-order valence-electron chi connectivity index (χ3n) is 16.4. The van der Waals surface area contributed by atoms with Crippen LogP contribution in [0, 0.1) is 6.92 Å². The molecule has 6 fully saturated rings. The van der Waals surface area contributed by atoms with Crippen molar-refractivity contribution in [2.45, 2.75) is 235 Å². The van der Waals surface area contributed by atoms with E-state index in [-0.39, 0.29) is 0 Å². The molecular weight excluding hydrogens is 715 g/mol. The Labute approximate surface area is 359 Å². The zero-order valence-corrected chi connectivity index (χ0v) is 37.1. The highest BCUT2D eigenvalue weighted by molar-refractivity contribution is 5.86. The summed E-state index contributed by atoms with van der Waals surface area (Å²) in [6, 6.07) is 15.2. The van der Waals surface area contributed by atoms with Crippen molar-refractivity contribution in [1.82, 2.24) is 4.98 Å². The fraction of sp³-hybridized carbons (Fsp3) is 0.661. The van der Waals surface area contributed by atoms with Gasteiger partial charge in [-0.1, -0.05) is 140 Å². The van der Waals surface area contributed by atoms with Gasteiger partial charge in [-0.25, -0.2) is 4.98 Å². The van der Waals surface area contributed by atoms with Crippen LogP contribution in [0.2, 0.25) is 0 Å². The van der Waals surface area contributed by atoms with Gasteiger partial charge in [0.05, 0.1) is 35.2 Å². The van der Waals surface area contributed by atoms with Gasteiger partial charge < -0.3 is 0 Å². The molecule has 3 nitrogen and oxygen atoms in total. The minimum atomic E-state index is 0.635. The van der Waals surface area contributed by atoms with E-state index in [0.29, 0.717) is 23.7 Å². The number of aromatic nitrogens is 1. The smallest absolute Gasteiger partial charge is 0.0823 e. The van der Waals surface area contributed by atoms with Gasteiger partial charge in [0.1, 0.15) is 0 Å². The van der Waals surface area contributed by atoms with Crippen LogP contribution in [-0.2, 0) is 0 Å². The van der Waals surface area contributed by atoms with Crippen LogP contribution in [0.5, 0.6) is 0 Å². The van der Waals surface area contributed by atoms with Crippen LogP contribution in [-0.4, -0.2) is 17.4 Å². The number of rotatable bonds is 10. The summed E-state index contributed by atoms with van der Waals surface area (Å²) in [5, 5.41) is 0. The lowest BCUT2D eigenvalue weighted by molar-refractivity contribution is 0.428. The van der Waals surface area contributed by atoms with Crippen molar-refractivity contribution in [1.29, 1.82) is 0 Å². The predicted octanol–water partition coefficient (Wildman–Crippen LogP) is 17.2. The minimum Gasteiger partial charge on any atom is -0.254 e. The summed E-state index contributed by atoms with van der Waals surface area (Å²) in [6.07, 6.45) is 45.1. The first-order valence-electron chi connectivity index (χ1n) is 25.6. The first-order chi connectivity index (χ1) is 29.2. The van der Waals surface area contributed by atoms with Gasteiger partial charge in [-0.05, 0) is 171 Å². The van der Waals surface area contributed by atoms with E-state index < -0.39 is 0 Å². The molecule has 0 N–H and O–H groups in total. The molecule has 6 saturated carbocycles.